The zero-order chi connectivity index (χ0) is 17.6. The highest BCUT2D eigenvalue weighted by Crippen LogP contribution is 2.37. The Morgan fingerprint density at radius 1 is 1.40 bits per heavy atom. The molecule has 2 aromatic rings. The maximum atomic E-state index is 12.3. The minimum absolute atomic E-state index is 0.0366. The van der Waals surface area contributed by atoms with Crippen LogP contribution >= 0.6 is 23.1 Å². The standard InChI is InChI=1S/C19H20N2O2S2/c1-23-13-5-4-6-14(11-13)24-10-9-18(22)21-19-16(12-20)15-7-2-3-8-17(15)25-19/h4-6,11H,2-3,7-10H2,1H3,(H,21,22). The molecule has 25 heavy (non-hydrogen) atoms. The molecule has 0 bridgehead atoms. The number of benzene rings is 1. The molecule has 1 aromatic heterocycles. The fourth-order valence-electron chi connectivity index (χ4n) is 2.91. The Labute approximate surface area is 156 Å². The quantitative estimate of drug-likeness (QED) is 0.751. The second kappa shape index (κ2) is 8.41. The number of carbonyl (C=O) groups is 1. The molecule has 6 heteroatoms. The summed E-state index contributed by atoms with van der Waals surface area (Å²) in [6, 6.07) is 10.1. The number of nitrogens with one attached hydrogen (secondary N) is 1. The fourth-order valence-corrected chi connectivity index (χ4v) is 5.07. The van der Waals surface area contributed by atoms with Crippen LogP contribution in [0.3, 0.4) is 0 Å². The lowest BCUT2D eigenvalue weighted by Crippen LogP contribution is -2.12. The van der Waals surface area contributed by atoms with E-state index in [1.54, 1.807) is 30.2 Å². The molecule has 0 radical (unpaired) electrons. The van der Waals surface area contributed by atoms with Crippen LogP contribution in [0.5, 0.6) is 5.75 Å². The number of methoxy groups -OCH3 is 1. The summed E-state index contributed by atoms with van der Waals surface area (Å²) in [6.45, 7) is 0. The molecule has 0 saturated carbocycles. The molecule has 3 rings (SSSR count). The summed E-state index contributed by atoms with van der Waals surface area (Å²) in [7, 11) is 1.64. The van der Waals surface area contributed by atoms with E-state index in [-0.39, 0.29) is 5.91 Å². The van der Waals surface area contributed by atoms with Crippen LogP contribution in [0.2, 0.25) is 0 Å². The Balaban J connectivity index is 1.56. The Kier molecular flexibility index (Phi) is 6.00. The predicted molar refractivity (Wildman–Crippen MR) is 103 cm³/mol. The van der Waals surface area contributed by atoms with Crippen molar-refractivity contribution in [1.29, 1.82) is 5.26 Å². The highest BCUT2D eigenvalue weighted by atomic mass is 32.2. The smallest absolute Gasteiger partial charge is 0.225 e. The number of thiophene rings is 1. The molecule has 1 aromatic carbocycles. The van der Waals surface area contributed by atoms with Gasteiger partial charge in [-0.05, 0) is 49.4 Å². The number of carbonyl (C=O) groups excluding carboxylic acids is 1. The van der Waals surface area contributed by atoms with Gasteiger partial charge in [-0.1, -0.05) is 6.07 Å². The highest BCUT2D eigenvalue weighted by molar-refractivity contribution is 7.99. The number of hydrogen-bond donors (Lipinski definition) is 1. The van der Waals surface area contributed by atoms with Gasteiger partial charge in [0.25, 0.3) is 0 Å². The molecule has 130 valence electrons. The largest absolute Gasteiger partial charge is 0.497 e. The molecule has 0 atom stereocenters. The Morgan fingerprint density at radius 3 is 3.04 bits per heavy atom. The van der Waals surface area contributed by atoms with Crippen LogP contribution in [-0.4, -0.2) is 18.8 Å². The summed E-state index contributed by atoms with van der Waals surface area (Å²) in [4.78, 5) is 14.6. The van der Waals surface area contributed by atoms with Gasteiger partial charge >= 0.3 is 0 Å². The van der Waals surface area contributed by atoms with Gasteiger partial charge in [0.2, 0.25) is 5.91 Å². The molecule has 1 heterocycles. The SMILES string of the molecule is COc1cccc(SCCC(=O)Nc2sc3c(c2C#N)CCCC3)c1. The molecule has 0 aliphatic heterocycles. The number of amides is 1. The lowest BCUT2D eigenvalue weighted by Gasteiger charge is -2.09. The topological polar surface area (TPSA) is 62.1 Å². The number of thioether (sulfide) groups is 1. The number of rotatable bonds is 6. The van der Waals surface area contributed by atoms with Gasteiger partial charge in [0.1, 0.15) is 16.8 Å². The first-order chi connectivity index (χ1) is 12.2. The molecule has 1 N–H and O–H groups in total. The van der Waals surface area contributed by atoms with E-state index in [0.717, 1.165) is 40.5 Å². The van der Waals surface area contributed by atoms with Crippen molar-refractivity contribution in [3.05, 3.63) is 40.3 Å². The van der Waals surface area contributed by atoms with Crippen molar-refractivity contribution in [1.82, 2.24) is 0 Å². The van der Waals surface area contributed by atoms with Crippen LogP contribution in [0.25, 0.3) is 0 Å². The third-order valence-corrected chi connectivity index (χ3v) is 6.38. The van der Waals surface area contributed by atoms with Gasteiger partial charge in [0.15, 0.2) is 0 Å². The van der Waals surface area contributed by atoms with Crippen molar-refractivity contribution in [2.75, 3.05) is 18.2 Å². The second-order valence-electron chi connectivity index (χ2n) is 5.85. The van der Waals surface area contributed by atoms with E-state index < -0.39 is 0 Å². The maximum absolute atomic E-state index is 12.3. The van der Waals surface area contributed by atoms with E-state index in [9.17, 15) is 10.1 Å². The zero-order valence-electron chi connectivity index (χ0n) is 14.1. The molecular formula is C19H20N2O2S2. The molecule has 0 spiro atoms. The van der Waals surface area contributed by atoms with Crippen molar-refractivity contribution in [3.63, 3.8) is 0 Å². The first-order valence-corrected chi connectivity index (χ1v) is 10.1. The van der Waals surface area contributed by atoms with Crippen molar-refractivity contribution >= 4 is 34.0 Å². The maximum Gasteiger partial charge on any atom is 0.225 e. The summed E-state index contributed by atoms with van der Waals surface area (Å²) < 4.78 is 5.20. The van der Waals surface area contributed by atoms with E-state index in [2.05, 4.69) is 11.4 Å². The monoisotopic (exact) mass is 372 g/mol. The lowest BCUT2D eigenvalue weighted by atomic mass is 9.96. The number of anilines is 1. The van der Waals surface area contributed by atoms with Crippen molar-refractivity contribution < 1.29 is 9.53 Å². The first kappa shape index (κ1) is 17.8. The van der Waals surface area contributed by atoms with Crippen LogP contribution in [0, 0.1) is 11.3 Å². The van der Waals surface area contributed by atoms with Crippen LogP contribution in [-0.2, 0) is 17.6 Å². The fraction of sp³-hybridized carbons (Fsp3) is 0.368. The Hall–Kier alpha value is -1.97. The minimum atomic E-state index is -0.0366. The van der Waals surface area contributed by atoms with Gasteiger partial charge in [-0.2, -0.15) is 5.26 Å². The van der Waals surface area contributed by atoms with Gasteiger partial charge in [0, 0.05) is 21.9 Å². The Bertz CT molecular complexity index is 808. The van der Waals surface area contributed by atoms with Gasteiger partial charge in [0.05, 0.1) is 12.7 Å². The Morgan fingerprint density at radius 2 is 2.24 bits per heavy atom. The highest BCUT2D eigenvalue weighted by Gasteiger charge is 2.21. The normalized spacial score (nSPS) is 13.0. The van der Waals surface area contributed by atoms with Crippen molar-refractivity contribution in [2.45, 2.75) is 37.0 Å². The molecule has 0 saturated heterocycles. The predicted octanol–water partition coefficient (Wildman–Crippen LogP) is 4.63. The van der Waals surface area contributed by atoms with Gasteiger partial charge in [-0.15, -0.1) is 23.1 Å². The molecule has 1 amide bonds. The first-order valence-electron chi connectivity index (χ1n) is 8.32. The number of nitriles is 1. The molecule has 0 fully saturated rings. The molecule has 1 aliphatic carbocycles. The van der Waals surface area contributed by atoms with Crippen LogP contribution in [0.4, 0.5) is 5.00 Å². The second-order valence-corrected chi connectivity index (χ2v) is 8.13. The summed E-state index contributed by atoms with van der Waals surface area (Å²) in [6.07, 6.45) is 4.69. The number of aryl methyl sites for hydroxylation is 1. The number of fused-ring (bicyclic) bond motifs is 1. The summed E-state index contributed by atoms with van der Waals surface area (Å²) >= 11 is 3.20. The van der Waals surface area contributed by atoms with E-state index in [1.165, 1.54) is 11.3 Å². The third kappa shape index (κ3) is 4.36. The molecular weight excluding hydrogens is 352 g/mol. The third-order valence-electron chi connectivity index (χ3n) is 4.18. The van der Waals surface area contributed by atoms with E-state index >= 15 is 0 Å². The molecule has 4 nitrogen and oxygen atoms in total. The zero-order valence-corrected chi connectivity index (χ0v) is 15.8. The van der Waals surface area contributed by atoms with Crippen LogP contribution < -0.4 is 10.1 Å². The van der Waals surface area contributed by atoms with Gasteiger partial charge in [-0.25, -0.2) is 0 Å². The summed E-state index contributed by atoms with van der Waals surface area (Å²) in [5.41, 5.74) is 1.83. The average Bonchev–Trinajstić information content (AvgIpc) is 2.98. The van der Waals surface area contributed by atoms with Crippen molar-refractivity contribution in [2.24, 2.45) is 0 Å². The average molecular weight is 373 g/mol. The van der Waals surface area contributed by atoms with Crippen molar-refractivity contribution in [3.8, 4) is 11.8 Å². The van der Waals surface area contributed by atoms with Gasteiger partial charge in [-0.3, -0.25) is 4.79 Å². The summed E-state index contributed by atoms with van der Waals surface area (Å²) in [5.74, 6) is 1.47. The van der Waals surface area contributed by atoms with Crippen LogP contribution in [0.15, 0.2) is 29.2 Å². The lowest BCUT2D eigenvalue weighted by molar-refractivity contribution is -0.115. The number of nitrogens with zero attached hydrogens (tertiary/aromatic N) is 1. The van der Waals surface area contributed by atoms with Gasteiger partial charge < -0.3 is 10.1 Å². The molecule has 1 aliphatic rings. The summed E-state index contributed by atoms with van der Waals surface area (Å²) in [5, 5.41) is 13.1. The number of ether oxygens (including phenoxy) is 1. The van der Waals surface area contributed by atoms with Crippen LogP contribution in [0.1, 0.15) is 35.3 Å². The molecule has 0 unspecified atom stereocenters. The number of hydrogen-bond acceptors (Lipinski definition) is 5. The van der Waals surface area contributed by atoms with E-state index in [1.807, 2.05) is 24.3 Å². The minimum Gasteiger partial charge on any atom is -0.497 e. The van der Waals surface area contributed by atoms with E-state index in [4.69, 9.17) is 4.74 Å². The van der Waals surface area contributed by atoms with E-state index in [0.29, 0.717) is 17.7 Å².